The number of rotatable bonds is 2. The van der Waals surface area contributed by atoms with Crippen molar-refractivity contribution in [3.05, 3.63) is 41.1 Å². The molecule has 18 heavy (non-hydrogen) atoms. The third-order valence-electron chi connectivity index (χ3n) is 3.08. The first kappa shape index (κ1) is 11.8. The van der Waals surface area contributed by atoms with Crippen molar-refractivity contribution < 1.29 is 0 Å². The van der Waals surface area contributed by atoms with E-state index in [-0.39, 0.29) is 0 Å². The Kier molecular flexibility index (Phi) is 3.14. The molecule has 0 fully saturated rings. The van der Waals surface area contributed by atoms with Gasteiger partial charge in [0.15, 0.2) is 0 Å². The topological polar surface area (TPSA) is 34.0 Å². The summed E-state index contributed by atoms with van der Waals surface area (Å²) in [4.78, 5) is 10.9. The number of pyridine rings is 1. The molecule has 94 valence electrons. The van der Waals surface area contributed by atoms with Gasteiger partial charge >= 0.3 is 0 Å². The van der Waals surface area contributed by atoms with E-state index >= 15 is 0 Å². The molecular formula is C12H12Cl2N4. The van der Waals surface area contributed by atoms with Crippen LogP contribution in [0.1, 0.15) is 11.4 Å². The van der Waals surface area contributed by atoms with Crippen molar-refractivity contribution in [2.24, 2.45) is 0 Å². The molecule has 2 aromatic rings. The number of halogens is 2. The van der Waals surface area contributed by atoms with Crippen LogP contribution in [0.15, 0.2) is 24.7 Å². The molecule has 2 aromatic heterocycles. The summed E-state index contributed by atoms with van der Waals surface area (Å²) in [5, 5.41) is 0.646. The first-order valence-corrected chi connectivity index (χ1v) is 6.64. The van der Waals surface area contributed by atoms with E-state index in [0.29, 0.717) is 10.9 Å². The average molecular weight is 283 g/mol. The van der Waals surface area contributed by atoms with Crippen LogP contribution in [0.2, 0.25) is 5.02 Å². The maximum Gasteiger partial charge on any atom is 0.147 e. The van der Waals surface area contributed by atoms with Gasteiger partial charge in [-0.05, 0) is 11.6 Å². The lowest BCUT2D eigenvalue weighted by Gasteiger charge is -2.29. The van der Waals surface area contributed by atoms with E-state index in [1.54, 1.807) is 6.20 Å². The predicted octanol–water partition coefficient (Wildman–Crippen LogP) is 2.69. The normalized spacial score (nSPS) is 14.7. The highest BCUT2D eigenvalue weighted by molar-refractivity contribution is 6.33. The molecule has 0 saturated heterocycles. The number of hydrogen-bond acceptors (Lipinski definition) is 3. The van der Waals surface area contributed by atoms with E-state index in [1.165, 1.54) is 0 Å². The Balaban J connectivity index is 1.88. The minimum Gasteiger partial charge on any atom is -0.346 e. The fourth-order valence-electron chi connectivity index (χ4n) is 2.13. The monoisotopic (exact) mass is 282 g/mol. The second-order valence-electron chi connectivity index (χ2n) is 4.24. The summed E-state index contributed by atoms with van der Waals surface area (Å²) < 4.78 is 2.15. The minimum absolute atomic E-state index is 0.428. The number of imidazole rings is 1. The molecule has 0 aromatic carbocycles. The van der Waals surface area contributed by atoms with Gasteiger partial charge in [-0.1, -0.05) is 11.6 Å². The van der Waals surface area contributed by atoms with E-state index in [2.05, 4.69) is 19.4 Å². The van der Waals surface area contributed by atoms with E-state index in [9.17, 15) is 0 Å². The molecule has 4 nitrogen and oxygen atoms in total. The van der Waals surface area contributed by atoms with Crippen molar-refractivity contribution in [1.29, 1.82) is 0 Å². The van der Waals surface area contributed by atoms with Gasteiger partial charge in [-0.25, -0.2) is 9.97 Å². The summed E-state index contributed by atoms with van der Waals surface area (Å²) in [5.41, 5.74) is 0.934. The van der Waals surface area contributed by atoms with Gasteiger partial charge in [0.25, 0.3) is 0 Å². The first-order chi connectivity index (χ1) is 8.78. The molecular weight excluding hydrogens is 271 g/mol. The highest BCUT2D eigenvalue weighted by Gasteiger charge is 2.19. The molecule has 0 N–H and O–H groups in total. The van der Waals surface area contributed by atoms with Gasteiger partial charge in [0.1, 0.15) is 11.6 Å². The second kappa shape index (κ2) is 4.78. The Morgan fingerprint density at radius 1 is 1.28 bits per heavy atom. The van der Waals surface area contributed by atoms with Crippen LogP contribution >= 0.6 is 23.2 Å². The van der Waals surface area contributed by atoms with Crippen molar-refractivity contribution in [2.45, 2.75) is 19.0 Å². The average Bonchev–Trinajstić information content (AvgIpc) is 2.85. The Labute approximate surface area is 115 Å². The maximum atomic E-state index is 6.25. The van der Waals surface area contributed by atoms with Crippen LogP contribution in [-0.2, 0) is 19.0 Å². The molecule has 0 radical (unpaired) electrons. The van der Waals surface area contributed by atoms with Crippen molar-refractivity contribution in [3.8, 4) is 0 Å². The third kappa shape index (κ3) is 2.06. The number of aromatic nitrogens is 3. The summed E-state index contributed by atoms with van der Waals surface area (Å²) in [5.74, 6) is 2.28. The lowest BCUT2D eigenvalue weighted by molar-refractivity contribution is 0.556. The molecule has 0 saturated carbocycles. The van der Waals surface area contributed by atoms with Gasteiger partial charge in [0.05, 0.1) is 11.6 Å². The van der Waals surface area contributed by atoms with E-state index in [4.69, 9.17) is 23.2 Å². The van der Waals surface area contributed by atoms with Crippen molar-refractivity contribution in [3.63, 3.8) is 0 Å². The molecule has 0 bridgehead atoms. The zero-order valence-electron chi connectivity index (χ0n) is 9.68. The molecule has 0 spiro atoms. The summed E-state index contributed by atoms with van der Waals surface area (Å²) in [6.45, 7) is 2.53. The van der Waals surface area contributed by atoms with Crippen molar-refractivity contribution in [1.82, 2.24) is 14.5 Å². The summed E-state index contributed by atoms with van der Waals surface area (Å²) in [6.07, 6.45) is 5.60. The van der Waals surface area contributed by atoms with E-state index < -0.39 is 0 Å². The molecule has 6 heteroatoms. The first-order valence-electron chi connectivity index (χ1n) is 5.73. The zero-order chi connectivity index (χ0) is 12.5. The van der Waals surface area contributed by atoms with Crippen molar-refractivity contribution in [2.75, 3.05) is 11.4 Å². The number of hydrogen-bond donors (Lipinski definition) is 0. The van der Waals surface area contributed by atoms with Gasteiger partial charge < -0.3 is 9.47 Å². The number of alkyl halides is 1. The lowest BCUT2D eigenvalue weighted by atomic mass is 10.3. The van der Waals surface area contributed by atoms with Crippen LogP contribution in [0.4, 0.5) is 5.82 Å². The SMILES string of the molecule is ClCc1cnc(N2CCn3ccnc3C2)c(Cl)c1. The summed E-state index contributed by atoms with van der Waals surface area (Å²) in [7, 11) is 0. The standard InChI is InChI=1S/C12H12Cl2N4/c13-6-9-5-10(14)12(16-7-9)18-4-3-17-2-1-15-11(17)8-18/h1-2,5,7H,3-4,6,8H2. The zero-order valence-corrected chi connectivity index (χ0v) is 11.2. The Morgan fingerprint density at radius 2 is 2.17 bits per heavy atom. The smallest absolute Gasteiger partial charge is 0.147 e. The van der Waals surface area contributed by atoms with Gasteiger partial charge in [0, 0.05) is 37.6 Å². The van der Waals surface area contributed by atoms with Gasteiger partial charge in [-0.3, -0.25) is 0 Å². The molecule has 0 atom stereocenters. The van der Waals surface area contributed by atoms with Gasteiger partial charge in [0.2, 0.25) is 0 Å². The van der Waals surface area contributed by atoms with E-state index in [0.717, 1.165) is 36.8 Å². The molecule has 1 aliphatic heterocycles. The molecule has 3 heterocycles. The third-order valence-corrected chi connectivity index (χ3v) is 3.66. The Hall–Kier alpha value is -1.26. The molecule has 1 aliphatic rings. The highest BCUT2D eigenvalue weighted by Crippen LogP contribution is 2.27. The highest BCUT2D eigenvalue weighted by atomic mass is 35.5. The van der Waals surface area contributed by atoms with Crippen LogP contribution in [0.3, 0.4) is 0 Å². The van der Waals surface area contributed by atoms with E-state index in [1.807, 2.05) is 18.5 Å². The predicted molar refractivity (Wildman–Crippen MR) is 72.1 cm³/mol. The number of nitrogens with zero attached hydrogens (tertiary/aromatic N) is 4. The Bertz CT molecular complexity index is 567. The van der Waals surface area contributed by atoms with Crippen LogP contribution in [0.25, 0.3) is 0 Å². The Morgan fingerprint density at radius 3 is 2.94 bits per heavy atom. The van der Waals surface area contributed by atoms with Crippen LogP contribution < -0.4 is 4.90 Å². The largest absolute Gasteiger partial charge is 0.346 e. The van der Waals surface area contributed by atoms with Gasteiger partial charge in [-0.2, -0.15) is 0 Å². The van der Waals surface area contributed by atoms with Gasteiger partial charge in [-0.15, -0.1) is 11.6 Å². The molecule has 3 rings (SSSR count). The van der Waals surface area contributed by atoms with Crippen LogP contribution in [-0.4, -0.2) is 21.1 Å². The molecule has 0 unspecified atom stereocenters. The lowest BCUT2D eigenvalue weighted by Crippen LogP contribution is -2.34. The summed E-state index contributed by atoms with van der Waals surface area (Å²) >= 11 is 12.0. The molecule has 0 aliphatic carbocycles. The van der Waals surface area contributed by atoms with Crippen molar-refractivity contribution >= 4 is 29.0 Å². The molecule has 0 amide bonds. The maximum absolute atomic E-state index is 6.25. The minimum atomic E-state index is 0.428. The number of fused-ring (bicyclic) bond motifs is 1. The van der Waals surface area contributed by atoms with Crippen LogP contribution in [0, 0.1) is 0 Å². The fourth-order valence-corrected chi connectivity index (χ4v) is 2.58. The quantitative estimate of drug-likeness (QED) is 0.795. The second-order valence-corrected chi connectivity index (χ2v) is 4.92. The number of anilines is 1. The fraction of sp³-hybridized carbons (Fsp3) is 0.333. The summed E-state index contributed by atoms with van der Waals surface area (Å²) in [6, 6.07) is 1.87. The van der Waals surface area contributed by atoms with Crippen LogP contribution in [0.5, 0.6) is 0 Å².